The van der Waals surface area contributed by atoms with Crippen LogP contribution in [0.1, 0.15) is 80.3 Å². The van der Waals surface area contributed by atoms with Crippen molar-refractivity contribution < 1.29 is 9.53 Å². The number of hydrogen-bond acceptors (Lipinski definition) is 8. The molecule has 330 valence electrons. The number of aliphatic hydroxyl groups is 1. The Morgan fingerprint density at radius 1 is 0.554 bits per heavy atom. The number of rotatable bonds is 16. The van der Waals surface area contributed by atoms with E-state index in [2.05, 4.69) is 220 Å². The summed E-state index contributed by atoms with van der Waals surface area (Å²) >= 11 is 6.83. The van der Waals surface area contributed by atoms with E-state index in [1.807, 2.05) is 36.0 Å². The first-order valence-corrected chi connectivity index (χ1v) is 28.1. The quantitative estimate of drug-likeness (QED) is 0.0769. The molecule has 0 atom stereocenters. The fraction of sp³-hybridized carbons (Fsp3) is 0.179. The van der Waals surface area contributed by atoms with Gasteiger partial charge >= 0.3 is 0 Å². The first-order valence-electron chi connectivity index (χ1n) is 21.8. The van der Waals surface area contributed by atoms with Crippen LogP contribution < -0.4 is 0 Å². The first kappa shape index (κ1) is 47.8. The summed E-state index contributed by atoms with van der Waals surface area (Å²) < 4.78 is 5.22. The smallest absolute Gasteiger partial charge is 0.171 e. The lowest BCUT2D eigenvalue weighted by Crippen LogP contribution is -2.24. The van der Waals surface area contributed by atoms with Gasteiger partial charge in [0.15, 0.2) is 9.04 Å². The Bertz CT molecular complexity index is 2510. The third kappa shape index (κ3) is 11.7. The maximum absolute atomic E-state index is 9.53. The van der Waals surface area contributed by atoms with E-state index in [9.17, 15) is 5.11 Å². The summed E-state index contributed by atoms with van der Waals surface area (Å²) in [5, 5.41) is 14.9. The van der Waals surface area contributed by atoms with E-state index in [4.69, 9.17) is 9.41 Å². The number of aliphatic hydroxyl groups excluding tert-OH is 1. The van der Waals surface area contributed by atoms with Crippen molar-refractivity contribution in [1.82, 2.24) is 9.97 Å². The number of aromatic nitrogens is 2. The third-order valence-electron chi connectivity index (χ3n) is 10.8. The minimum Gasteiger partial charge on any atom is -0.414 e. The van der Waals surface area contributed by atoms with Crippen LogP contribution in [0.3, 0.4) is 0 Å². The minimum atomic E-state index is -1.09. The predicted octanol–water partition coefficient (Wildman–Crippen LogP) is 15.0. The molecule has 0 radical (unpaired) electrons. The number of hydrogen-bond donors (Lipinski definition) is 1. The Labute approximate surface area is 404 Å². The topological polar surface area (TPSA) is 55.2 Å². The fourth-order valence-electron chi connectivity index (χ4n) is 7.71. The van der Waals surface area contributed by atoms with Crippen molar-refractivity contribution in [3.05, 3.63) is 258 Å². The molecule has 6 aromatic carbocycles. The molecule has 9 heteroatoms. The summed E-state index contributed by atoms with van der Waals surface area (Å²) in [5.74, 6) is 0. The molecule has 0 amide bonds. The molecule has 0 bridgehead atoms. The predicted molar refractivity (Wildman–Crippen MR) is 284 cm³/mol. The highest BCUT2D eigenvalue weighted by Crippen LogP contribution is 2.50. The molecular formula is C56H56N2O2S4Si. The third-order valence-corrected chi connectivity index (χ3v) is 16.6. The van der Waals surface area contributed by atoms with Crippen molar-refractivity contribution in [3.8, 4) is 0 Å². The molecule has 0 spiro atoms. The van der Waals surface area contributed by atoms with Gasteiger partial charge in [-0.25, -0.2) is 9.97 Å². The van der Waals surface area contributed by atoms with Crippen molar-refractivity contribution in [3.63, 3.8) is 0 Å². The van der Waals surface area contributed by atoms with Gasteiger partial charge in [-0.1, -0.05) is 203 Å². The van der Waals surface area contributed by atoms with Gasteiger partial charge in [0, 0.05) is 4.88 Å². The van der Waals surface area contributed by atoms with E-state index in [0.29, 0.717) is 6.61 Å². The van der Waals surface area contributed by atoms with Gasteiger partial charge in [-0.3, -0.25) is 0 Å². The van der Waals surface area contributed by atoms with Crippen LogP contribution in [0.2, 0.25) is 13.1 Å². The molecule has 0 aliphatic heterocycles. The Kier molecular flexibility index (Phi) is 16.8. The summed E-state index contributed by atoms with van der Waals surface area (Å²) in [5.41, 5.74) is 11.1. The fourth-order valence-corrected chi connectivity index (χ4v) is 12.4. The monoisotopic (exact) mass is 944 g/mol. The van der Waals surface area contributed by atoms with Gasteiger partial charge < -0.3 is 9.53 Å². The van der Waals surface area contributed by atoms with Crippen LogP contribution in [0, 0.1) is 0 Å². The average molecular weight is 945 g/mol. The molecule has 1 N–H and O–H groups in total. The van der Waals surface area contributed by atoms with E-state index < -0.39 is 13.8 Å². The maximum atomic E-state index is 9.53. The van der Waals surface area contributed by atoms with Crippen molar-refractivity contribution in [2.45, 2.75) is 62.0 Å². The highest BCUT2D eigenvalue weighted by atomic mass is 32.2. The van der Waals surface area contributed by atoms with Gasteiger partial charge in [-0.05, 0) is 74.9 Å². The van der Waals surface area contributed by atoms with Crippen molar-refractivity contribution in [2.24, 2.45) is 0 Å². The van der Waals surface area contributed by atoms with Crippen molar-refractivity contribution in [1.29, 1.82) is 0 Å². The van der Waals surface area contributed by atoms with Crippen LogP contribution in [0.15, 0.2) is 198 Å². The molecule has 2 aromatic heterocycles. The number of nitrogens with zero attached hydrogens (tertiary/aromatic N) is 2. The second-order valence-corrected chi connectivity index (χ2v) is 23.3. The second kappa shape index (κ2) is 22.9. The van der Waals surface area contributed by atoms with Crippen LogP contribution in [-0.4, -0.2) is 24.1 Å². The van der Waals surface area contributed by atoms with E-state index in [-0.39, 0.29) is 16.8 Å². The Hall–Kier alpha value is -5.10. The average Bonchev–Trinajstić information content (AvgIpc) is 4.00. The number of thiazole rings is 2. The highest BCUT2D eigenvalue weighted by Gasteiger charge is 2.37. The van der Waals surface area contributed by atoms with E-state index in [0.717, 1.165) is 21.3 Å². The molecule has 0 unspecified atom stereocenters. The zero-order valence-electron chi connectivity index (χ0n) is 37.6. The molecule has 0 fully saturated rings. The van der Waals surface area contributed by atoms with Crippen molar-refractivity contribution >= 4 is 67.4 Å². The lowest BCUT2D eigenvalue weighted by atomic mass is 9.84. The van der Waals surface area contributed by atoms with Crippen LogP contribution in [0.25, 0.3) is 12.2 Å². The first-order chi connectivity index (χ1) is 31.6. The van der Waals surface area contributed by atoms with Crippen LogP contribution in [0.5, 0.6) is 0 Å². The molecule has 0 aliphatic rings. The van der Waals surface area contributed by atoms with E-state index in [1.165, 1.54) is 49.6 Å². The normalized spacial score (nSPS) is 12.2. The van der Waals surface area contributed by atoms with Crippen LogP contribution in [0.4, 0.5) is 0 Å². The molecule has 8 aromatic rings. The minimum absolute atomic E-state index is 0.0101. The molecule has 2 heterocycles. The Morgan fingerprint density at radius 2 is 0.908 bits per heavy atom. The summed E-state index contributed by atoms with van der Waals surface area (Å²) in [7, 11) is -1.09. The zero-order chi connectivity index (χ0) is 45.5. The second-order valence-electron chi connectivity index (χ2n) is 16.7. The van der Waals surface area contributed by atoms with Gasteiger partial charge in [0.05, 0.1) is 44.5 Å². The molecule has 0 aliphatic carbocycles. The summed E-state index contributed by atoms with van der Waals surface area (Å²) in [4.78, 5) is 11.6. The Morgan fingerprint density at radius 3 is 1.23 bits per heavy atom. The van der Waals surface area contributed by atoms with Gasteiger partial charge in [-0.2, -0.15) is 0 Å². The standard InChI is InChI=1S/C31H35NOS2Si.C25H21NOS2/c1-30(2,3)29-27(32-28(35-29)23-33-36(4)5)21-22-34-31(24-15-9-6-10-16-24,25-17-11-7-12-18-25)26-19-13-8-14-20-26;27-18-24-23(26-19-28-24)16-17-29-25(20-10-4-1-5-11-20,21-12-6-2-7-13-21)22-14-8-3-9-15-22/h6-22,36H,23H2,1-5H3;1-17,19,27H,18H2. The zero-order valence-corrected chi connectivity index (χ0v) is 42.0. The summed E-state index contributed by atoms with van der Waals surface area (Å²) in [6.07, 6.45) is 4.19. The van der Waals surface area contributed by atoms with E-state index >= 15 is 0 Å². The van der Waals surface area contributed by atoms with E-state index in [1.54, 1.807) is 28.6 Å². The summed E-state index contributed by atoms with van der Waals surface area (Å²) in [6, 6.07) is 64.2. The summed E-state index contributed by atoms with van der Waals surface area (Å²) in [6.45, 7) is 11.8. The van der Waals surface area contributed by atoms with Gasteiger partial charge in [0.2, 0.25) is 0 Å². The number of thioether (sulfide) groups is 2. The van der Waals surface area contributed by atoms with Crippen molar-refractivity contribution in [2.75, 3.05) is 0 Å². The van der Waals surface area contributed by atoms with Gasteiger partial charge in [0.25, 0.3) is 0 Å². The SMILES string of the molecule is C[SiH](C)OCc1nc(C=CSC(c2ccccc2)(c2ccccc2)c2ccccc2)c(C(C)(C)C)s1.OCc1scnc1C=CSC(c1ccccc1)(c1ccccc1)c1ccccc1. The molecule has 4 nitrogen and oxygen atoms in total. The Balaban J connectivity index is 0.000000198. The molecule has 0 saturated heterocycles. The maximum Gasteiger partial charge on any atom is 0.171 e. The largest absolute Gasteiger partial charge is 0.414 e. The molecule has 0 saturated carbocycles. The lowest BCUT2D eigenvalue weighted by molar-refractivity contribution is 0.285. The van der Waals surface area contributed by atoms with Crippen LogP contribution in [-0.2, 0) is 32.5 Å². The molecular weight excluding hydrogens is 889 g/mol. The highest BCUT2D eigenvalue weighted by molar-refractivity contribution is 8.03. The molecule has 65 heavy (non-hydrogen) atoms. The van der Waals surface area contributed by atoms with Gasteiger partial charge in [0.1, 0.15) is 5.01 Å². The van der Waals surface area contributed by atoms with Crippen LogP contribution >= 0.6 is 46.2 Å². The molecule has 8 rings (SSSR count). The van der Waals surface area contributed by atoms with Gasteiger partial charge in [-0.15, -0.1) is 46.2 Å². The lowest BCUT2D eigenvalue weighted by Gasteiger charge is -2.34. The number of benzene rings is 6.